The van der Waals surface area contributed by atoms with E-state index in [0.717, 1.165) is 17.0 Å². The van der Waals surface area contributed by atoms with Crippen LogP contribution in [0.25, 0.3) is 0 Å². The number of ether oxygens (including phenoxy) is 1. The Balaban J connectivity index is 2.11. The molecule has 0 aliphatic carbocycles. The van der Waals surface area contributed by atoms with Crippen LogP contribution in [0.3, 0.4) is 0 Å². The van der Waals surface area contributed by atoms with Crippen LogP contribution in [0.15, 0.2) is 22.8 Å². The van der Waals surface area contributed by atoms with Crippen molar-refractivity contribution in [2.24, 2.45) is 0 Å². The molecule has 0 spiro atoms. The van der Waals surface area contributed by atoms with Gasteiger partial charge in [0.2, 0.25) is 0 Å². The predicted octanol–water partition coefficient (Wildman–Crippen LogP) is 1.85. The topological polar surface area (TPSA) is 74.2 Å². The lowest BCUT2D eigenvalue weighted by atomic mass is 10.2. The minimum atomic E-state index is 0.333. The Bertz CT molecular complexity index is 494. The molecule has 0 atom stereocenters. The van der Waals surface area contributed by atoms with Crippen molar-refractivity contribution < 1.29 is 9.37 Å². The van der Waals surface area contributed by atoms with E-state index in [4.69, 9.17) is 10.5 Å². The molecule has 0 fully saturated rings. The van der Waals surface area contributed by atoms with Crippen molar-refractivity contribution >= 4 is 5.69 Å². The first kappa shape index (κ1) is 10.5. The highest BCUT2D eigenvalue weighted by molar-refractivity contribution is 5.53. The Morgan fingerprint density at radius 3 is 2.81 bits per heavy atom. The predicted molar refractivity (Wildman–Crippen MR) is 59.0 cm³/mol. The summed E-state index contributed by atoms with van der Waals surface area (Å²) in [5, 5.41) is 7.42. The third kappa shape index (κ3) is 1.98. The summed E-state index contributed by atoms with van der Waals surface area (Å²) in [6.07, 6.45) is 0. The number of aromatic nitrogens is 2. The molecular weight excluding hydrogens is 206 g/mol. The molecule has 84 valence electrons. The van der Waals surface area contributed by atoms with Gasteiger partial charge in [-0.05, 0) is 26.0 Å². The maximum atomic E-state index is 5.77. The molecule has 0 unspecified atom stereocenters. The summed E-state index contributed by atoms with van der Waals surface area (Å²) < 4.78 is 10.2. The van der Waals surface area contributed by atoms with Crippen molar-refractivity contribution in [3.8, 4) is 5.75 Å². The van der Waals surface area contributed by atoms with E-state index in [1.165, 1.54) is 0 Å². The number of nitrogen functional groups attached to an aromatic ring is 1. The van der Waals surface area contributed by atoms with Crippen molar-refractivity contribution in [3.63, 3.8) is 0 Å². The monoisotopic (exact) mass is 219 g/mol. The largest absolute Gasteiger partial charge is 0.487 e. The van der Waals surface area contributed by atoms with Crippen LogP contribution in [-0.2, 0) is 6.61 Å². The zero-order chi connectivity index (χ0) is 11.5. The first-order valence-electron chi connectivity index (χ1n) is 4.94. The number of rotatable bonds is 3. The normalized spacial score (nSPS) is 10.4. The molecule has 1 aromatic heterocycles. The van der Waals surface area contributed by atoms with Gasteiger partial charge in [-0.2, -0.15) is 0 Å². The summed E-state index contributed by atoms with van der Waals surface area (Å²) in [7, 11) is 0. The summed E-state index contributed by atoms with van der Waals surface area (Å²) in [4.78, 5) is 0. The molecule has 0 aliphatic rings. The number of aryl methyl sites for hydroxylation is 1. The molecule has 16 heavy (non-hydrogen) atoms. The van der Waals surface area contributed by atoms with Crippen LogP contribution in [0, 0.1) is 13.8 Å². The van der Waals surface area contributed by atoms with Gasteiger partial charge in [-0.3, -0.25) is 0 Å². The molecule has 5 nitrogen and oxygen atoms in total. The van der Waals surface area contributed by atoms with Crippen LogP contribution in [0.4, 0.5) is 5.69 Å². The molecular formula is C11H13N3O2. The molecule has 0 amide bonds. The lowest BCUT2D eigenvalue weighted by Crippen LogP contribution is -2.00. The van der Waals surface area contributed by atoms with E-state index < -0.39 is 0 Å². The molecule has 2 N–H and O–H groups in total. The number of anilines is 1. The zero-order valence-electron chi connectivity index (χ0n) is 9.23. The van der Waals surface area contributed by atoms with Gasteiger partial charge in [0.15, 0.2) is 0 Å². The number of benzene rings is 1. The van der Waals surface area contributed by atoms with E-state index in [9.17, 15) is 0 Å². The van der Waals surface area contributed by atoms with Gasteiger partial charge in [0.25, 0.3) is 0 Å². The molecule has 5 heteroatoms. The third-order valence-corrected chi connectivity index (χ3v) is 2.44. The van der Waals surface area contributed by atoms with Crippen molar-refractivity contribution in [1.82, 2.24) is 10.3 Å². The fourth-order valence-corrected chi connectivity index (χ4v) is 1.31. The summed E-state index contributed by atoms with van der Waals surface area (Å²) in [6, 6.07) is 5.56. The van der Waals surface area contributed by atoms with Gasteiger partial charge in [-0.1, -0.05) is 16.4 Å². The van der Waals surface area contributed by atoms with Gasteiger partial charge in [-0.15, -0.1) is 0 Å². The lowest BCUT2D eigenvalue weighted by Gasteiger charge is -2.09. The van der Waals surface area contributed by atoms with Gasteiger partial charge in [0.05, 0.1) is 0 Å². The lowest BCUT2D eigenvalue weighted by molar-refractivity contribution is 0.269. The number of nitrogens with two attached hydrogens (primary N) is 1. The summed E-state index contributed by atoms with van der Waals surface area (Å²) in [6.45, 7) is 4.07. The molecule has 1 aromatic carbocycles. The molecule has 0 radical (unpaired) electrons. The average Bonchev–Trinajstić information content (AvgIpc) is 2.67. The SMILES string of the molecule is Cc1nonc1COc1cccc(N)c1C. The fraction of sp³-hybridized carbons (Fsp3) is 0.273. The van der Waals surface area contributed by atoms with Crippen LogP contribution in [0.1, 0.15) is 17.0 Å². The second-order valence-corrected chi connectivity index (χ2v) is 3.56. The summed E-state index contributed by atoms with van der Waals surface area (Å²) >= 11 is 0. The first-order valence-corrected chi connectivity index (χ1v) is 4.94. The van der Waals surface area contributed by atoms with Gasteiger partial charge in [0.1, 0.15) is 23.7 Å². The molecule has 0 saturated heterocycles. The number of hydrogen-bond acceptors (Lipinski definition) is 5. The van der Waals surface area contributed by atoms with Crippen molar-refractivity contribution in [1.29, 1.82) is 0 Å². The first-order chi connectivity index (χ1) is 7.68. The van der Waals surface area contributed by atoms with E-state index in [2.05, 4.69) is 14.9 Å². The minimum absolute atomic E-state index is 0.333. The summed E-state index contributed by atoms with van der Waals surface area (Å²) in [5.41, 5.74) is 8.85. The molecule has 0 bridgehead atoms. The van der Waals surface area contributed by atoms with Crippen molar-refractivity contribution in [2.45, 2.75) is 20.5 Å². The number of hydrogen-bond donors (Lipinski definition) is 1. The maximum absolute atomic E-state index is 5.77. The van der Waals surface area contributed by atoms with Crippen molar-refractivity contribution in [3.05, 3.63) is 35.2 Å². The Morgan fingerprint density at radius 2 is 2.12 bits per heavy atom. The van der Waals surface area contributed by atoms with Crippen LogP contribution in [0.5, 0.6) is 5.75 Å². The highest BCUT2D eigenvalue weighted by Crippen LogP contribution is 2.23. The second kappa shape index (κ2) is 4.22. The Hall–Kier alpha value is -2.04. The van der Waals surface area contributed by atoms with Crippen molar-refractivity contribution in [2.75, 3.05) is 5.73 Å². The third-order valence-electron chi connectivity index (χ3n) is 2.44. The van der Waals surface area contributed by atoms with Crippen LogP contribution >= 0.6 is 0 Å². The number of nitrogens with zero attached hydrogens (tertiary/aromatic N) is 2. The van der Waals surface area contributed by atoms with Crippen LogP contribution < -0.4 is 10.5 Å². The van der Waals surface area contributed by atoms with Gasteiger partial charge < -0.3 is 10.5 Å². The van der Waals surface area contributed by atoms with Gasteiger partial charge >= 0.3 is 0 Å². The quantitative estimate of drug-likeness (QED) is 0.797. The van der Waals surface area contributed by atoms with Crippen LogP contribution in [-0.4, -0.2) is 10.3 Å². The minimum Gasteiger partial charge on any atom is -0.487 e. The van der Waals surface area contributed by atoms with Gasteiger partial charge in [0, 0.05) is 11.3 Å². The Morgan fingerprint density at radius 1 is 1.31 bits per heavy atom. The Labute approximate surface area is 93.2 Å². The maximum Gasteiger partial charge on any atom is 0.145 e. The molecule has 0 saturated carbocycles. The zero-order valence-corrected chi connectivity index (χ0v) is 9.23. The molecule has 2 aromatic rings. The van der Waals surface area contributed by atoms with E-state index in [1.54, 1.807) is 0 Å². The highest BCUT2D eigenvalue weighted by atomic mass is 16.6. The fourth-order valence-electron chi connectivity index (χ4n) is 1.31. The Kier molecular flexibility index (Phi) is 2.76. The van der Waals surface area contributed by atoms with Gasteiger partial charge in [-0.25, -0.2) is 4.63 Å². The standard InChI is InChI=1S/C11H13N3O2/c1-7-9(12)4-3-5-11(7)15-6-10-8(2)13-16-14-10/h3-5H,6,12H2,1-2H3. The summed E-state index contributed by atoms with van der Waals surface area (Å²) in [5.74, 6) is 0.752. The van der Waals surface area contributed by atoms with E-state index in [-0.39, 0.29) is 0 Å². The van der Waals surface area contributed by atoms with Crippen LogP contribution in [0.2, 0.25) is 0 Å². The second-order valence-electron chi connectivity index (χ2n) is 3.56. The smallest absolute Gasteiger partial charge is 0.145 e. The molecule has 1 heterocycles. The molecule has 0 aliphatic heterocycles. The van der Waals surface area contributed by atoms with E-state index in [1.807, 2.05) is 32.0 Å². The average molecular weight is 219 g/mol. The van der Waals surface area contributed by atoms with E-state index in [0.29, 0.717) is 18.0 Å². The highest BCUT2D eigenvalue weighted by Gasteiger charge is 2.07. The van der Waals surface area contributed by atoms with E-state index >= 15 is 0 Å². The molecule has 2 rings (SSSR count).